The minimum atomic E-state index is -0.598. The number of likely N-dealkylation sites (tertiary alicyclic amines) is 1. The van der Waals surface area contributed by atoms with E-state index >= 15 is 0 Å². The summed E-state index contributed by atoms with van der Waals surface area (Å²) in [5, 5.41) is 17.4. The van der Waals surface area contributed by atoms with Crippen molar-refractivity contribution in [3.05, 3.63) is 65.5 Å². The second kappa shape index (κ2) is 8.21. The number of methoxy groups -OCH3 is 1. The maximum Gasteiger partial charge on any atom is 0.134 e. The van der Waals surface area contributed by atoms with Gasteiger partial charge in [-0.05, 0) is 37.6 Å². The van der Waals surface area contributed by atoms with Gasteiger partial charge in [-0.15, -0.1) is 0 Å². The van der Waals surface area contributed by atoms with E-state index in [4.69, 9.17) is 4.74 Å². The van der Waals surface area contributed by atoms with Gasteiger partial charge < -0.3 is 9.84 Å². The van der Waals surface area contributed by atoms with Crippen LogP contribution in [0.1, 0.15) is 30.0 Å². The van der Waals surface area contributed by atoms with Gasteiger partial charge in [0.2, 0.25) is 0 Å². The zero-order valence-electron chi connectivity index (χ0n) is 16.2. The van der Waals surface area contributed by atoms with Gasteiger partial charge in [0, 0.05) is 53.5 Å². The summed E-state index contributed by atoms with van der Waals surface area (Å²) in [5.74, 6) is -0.220. The SMILES string of the molecule is COc1ccc(CN2CCC[C@@H](c3[nH]ncc3-c3ccc(F)cc3F)C2)c(O)c1. The Morgan fingerprint density at radius 3 is 2.83 bits per heavy atom. The monoisotopic (exact) mass is 399 g/mol. The van der Waals surface area contributed by atoms with Crippen LogP contribution in [0.15, 0.2) is 42.6 Å². The molecule has 2 aromatic carbocycles. The number of piperidine rings is 1. The number of rotatable bonds is 5. The molecule has 7 heteroatoms. The quantitative estimate of drug-likeness (QED) is 0.666. The van der Waals surface area contributed by atoms with Gasteiger partial charge in [0.05, 0.1) is 13.3 Å². The number of ether oxygens (including phenoxy) is 1. The number of nitrogens with zero attached hydrogens (tertiary/aromatic N) is 2. The highest BCUT2D eigenvalue weighted by Gasteiger charge is 2.26. The molecule has 1 aliphatic heterocycles. The molecule has 152 valence electrons. The van der Waals surface area contributed by atoms with Crippen LogP contribution in [0.25, 0.3) is 11.1 Å². The van der Waals surface area contributed by atoms with Crippen LogP contribution < -0.4 is 4.74 Å². The van der Waals surface area contributed by atoms with Crippen molar-refractivity contribution in [1.82, 2.24) is 15.1 Å². The fraction of sp³-hybridized carbons (Fsp3) is 0.318. The van der Waals surface area contributed by atoms with Gasteiger partial charge in [-0.2, -0.15) is 5.10 Å². The second-order valence-electron chi connectivity index (χ2n) is 7.39. The molecule has 4 rings (SSSR count). The lowest BCUT2D eigenvalue weighted by atomic mass is 9.90. The van der Waals surface area contributed by atoms with E-state index < -0.39 is 11.6 Å². The predicted molar refractivity (Wildman–Crippen MR) is 106 cm³/mol. The average molecular weight is 399 g/mol. The minimum Gasteiger partial charge on any atom is -0.507 e. The molecule has 0 amide bonds. The molecule has 1 fully saturated rings. The molecular formula is C22H23F2N3O2. The van der Waals surface area contributed by atoms with Gasteiger partial charge in [0.15, 0.2) is 0 Å². The summed E-state index contributed by atoms with van der Waals surface area (Å²) in [4.78, 5) is 2.27. The van der Waals surface area contributed by atoms with E-state index in [1.165, 1.54) is 12.1 Å². The second-order valence-corrected chi connectivity index (χ2v) is 7.39. The largest absolute Gasteiger partial charge is 0.507 e. The van der Waals surface area contributed by atoms with E-state index in [9.17, 15) is 13.9 Å². The van der Waals surface area contributed by atoms with Gasteiger partial charge in [0.1, 0.15) is 23.1 Å². The van der Waals surface area contributed by atoms with E-state index in [-0.39, 0.29) is 11.7 Å². The van der Waals surface area contributed by atoms with Crippen molar-refractivity contribution in [1.29, 1.82) is 0 Å². The number of halogens is 2. The molecule has 1 saturated heterocycles. The van der Waals surface area contributed by atoms with Crippen LogP contribution in [0.5, 0.6) is 11.5 Å². The third-order valence-electron chi connectivity index (χ3n) is 5.49. The minimum absolute atomic E-state index is 0.145. The first-order valence-corrected chi connectivity index (χ1v) is 9.62. The highest BCUT2D eigenvalue weighted by Crippen LogP contribution is 2.35. The van der Waals surface area contributed by atoms with Crippen molar-refractivity contribution < 1.29 is 18.6 Å². The Morgan fingerprint density at radius 2 is 2.07 bits per heavy atom. The summed E-state index contributed by atoms with van der Waals surface area (Å²) < 4.78 is 32.7. The fourth-order valence-corrected chi connectivity index (χ4v) is 4.01. The first-order valence-electron chi connectivity index (χ1n) is 9.62. The lowest BCUT2D eigenvalue weighted by molar-refractivity contribution is 0.196. The Morgan fingerprint density at radius 1 is 1.21 bits per heavy atom. The number of aromatic hydroxyl groups is 1. The number of phenolic OH excluding ortho intramolecular Hbond substituents is 1. The molecule has 3 aromatic rings. The van der Waals surface area contributed by atoms with Crippen molar-refractivity contribution in [2.45, 2.75) is 25.3 Å². The van der Waals surface area contributed by atoms with Crippen LogP contribution in [0.3, 0.4) is 0 Å². The number of aromatic amines is 1. The normalized spacial score (nSPS) is 17.4. The highest BCUT2D eigenvalue weighted by atomic mass is 19.1. The van der Waals surface area contributed by atoms with Crippen LogP contribution in [0, 0.1) is 11.6 Å². The van der Waals surface area contributed by atoms with Crippen LogP contribution in [-0.4, -0.2) is 40.4 Å². The number of H-pyrrole nitrogens is 1. The van der Waals surface area contributed by atoms with E-state index in [2.05, 4.69) is 15.1 Å². The van der Waals surface area contributed by atoms with Crippen molar-refractivity contribution in [2.24, 2.45) is 0 Å². The fourth-order valence-electron chi connectivity index (χ4n) is 4.01. The third kappa shape index (κ3) is 4.10. The van der Waals surface area contributed by atoms with Crippen molar-refractivity contribution in [3.8, 4) is 22.6 Å². The maximum absolute atomic E-state index is 14.3. The summed E-state index contributed by atoms with van der Waals surface area (Å²) in [6.45, 7) is 2.28. The Kier molecular flexibility index (Phi) is 5.49. The van der Waals surface area contributed by atoms with Gasteiger partial charge in [-0.3, -0.25) is 10.00 Å². The molecule has 0 unspecified atom stereocenters. The van der Waals surface area contributed by atoms with Gasteiger partial charge >= 0.3 is 0 Å². The molecular weight excluding hydrogens is 376 g/mol. The molecule has 0 spiro atoms. The molecule has 0 saturated carbocycles. The summed E-state index contributed by atoms with van der Waals surface area (Å²) in [6.07, 6.45) is 3.52. The number of benzene rings is 2. The molecule has 1 aromatic heterocycles. The smallest absolute Gasteiger partial charge is 0.134 e. The van der Waals surface area contributed by atoms with Crippen LogP contribution in [0.2, 0.25) is 0 Å². The van der Waals surface area contributed by atoms with E-state index in [1.54, 1.807) is 19.4 Å². The Bertz CT molecular complexity index is 1010. The standard InChI is InChI=1S/C22H23F2N3O2/c1-29-17-6-4-14(21(28)10-17)12-27-8-2-3-15(13-27)22-19(11-25-26-22)18-7-5-16(23)9-20(18)24/h4-7,9-11,15,28H,2-3,8,12-13H2,1H3,(H,25,26)/t15-/m1/s1. The molecule has 0 radical (unpaired) electrons. The lowest BCUT2D eigenvalue weighted by Crippen LogP contribution is -2.34. The molecule has 1 atom stereocenters. The lowest BCUT2D eigenvalue weighted by Gasteiger charge is -2.33. The molecule has 1 aliphatic rings. The van der Waals surface area contributed by atoms with E-state index in [1.807, 2.05) is 12.1 Å². The molecule has 2 heterocycles. The van der Waals surface area contributed by atoms with Gasteiger partial charge in [-0.1, -0.05) is 6.07 Å². The topological polar surface area (TPSA) is 61.4 Å². The highest BCUT2D eigenvalue weighted by molar-refractivity contribution is 5.66. The first-order chi connectivity index (χ1) is 14.0. The third-order valence-corrected chi connectivity index (χ3v) is 5.49. The summed E-state index contributed by atoms with van der Waals surface area (Å²) in [7, 11) is 1.57. The molecule has 0 bridgehead atoms. The number of hydrogen-bond donors (Lipinski definition) is 2. The molecule has 29 heavy (non-hydrogen) atoms. The Hall–Kier alpha value is -2.93. The average Bonchev–Trinajstić information content (AvgIpc) is 3.19. The van der Waals surface area contributed by atoms with Crippen molar-refractivity contribution in [2.75, 3.05) is 20.2 Å². The zero-order chi connectivity index (χ0) is 20.4. The van der Waals surface area contributed by atoms with E-state index in [0.29, 0.717) is 23.4 Å². The van der Waals surface area contributed by atoms with Crippen molar-refractivity contribution >= 4 is 0 Å². The summed E-state index contributed by atoms with van der Waals surface area (Å²) >= 11 is 0. The summed E-state index contributed by atoms with van der Waals surface area (Å²) in [6, 6.07) is 8.92. The molecule has 2 N–H and O–H groups in total. The predicted octanol–water partition coefficient (Wildman–Crippen LogP) is 4.45. The maximum atomic E-state index is 14.3. The van der Waals surface area contributed by atoms with Gasteiger partial charge in [-0.25, -0.2) is 8.78 Å². The van der Waals surface area contributed by atoms with E-state index in [0.717, 1.165) is 43.3 Å². The summed E-state index contributed by atoms with van der Waals surface area (Å²) in [5.41, 5.74) is 2.71. The Labute approximate surface area is 167 Å². The first kappa shape index (κ1) is 19.4. The zero-order valence-corrected chi connectivity index (χ0v) is 16.2. The number of nitrogens with one attached hydrogen (secondary N) is 1. The van der Waals surface area contributed by atoms with Gasteiger partial charge in [0.25, 0.3) is 0 Å². The van der Waals surface area contributed by atoms with Crippen LogP contribution in [0.4, 0.5) is 8.78 Å². The molecule has 0 aliphatic carbocycles. The Balaban J connectivity index is 1.53. The number of aromatic nitrogens is 2. The molecule has 5 nitrogen and oxygen atoms in total. The number of phenols is 1. The van der Waals surface area contributed by atoms with Crippen LogP contribution >= 0.6 is 0 Å². The van der Waals surface area contributed by atoms with Crippen molar-refractivity contribution in [3.63, 3.8) is 0 Å². The number of hydrogen-bond acceptors (Lipinski definition) is 4. The van der Waals surface area contributed by atoms with Crippen LogP contribution in [-0.2, 0) is 6.54 Å².